The second kappa shape index (κ2) is 8.04. The first-order valence-electron chi connectivity index (χ1n) is 9.09. The van der Waals surface area contributed by atoms with Crippen LogP contribution in [0.1, 0.15) is 44.7 Å². The Morgan fingerprint density at radius 1 is 1.00 bits per heavy atom. The zero-order valence-corrected chi connectivity index (χ0v) is 15.4. The molecule has 0 saturated carbocycles. The second-order valence-corrected chi connectivity index (χ2v) is 6.93. The van der Waals surface area contributed by atoms with Gasteiger partial charge in [-0.1, -0.05) is 18.2 Å². The number of hydrogen-bond acceptors (Lipinski definition) is 2. The number of halogens is 3. The third kappa shape index (κ3) is 4.52. The standard InChI is InChI=1S/C21H21F3N2O2/c1-14-4-2-3-5-18(14)20(28)26-12-10-17(11-13-26)25-19(27)15-6-8-16(9-7-15)21(22,23)24/h2-9,17H,10-13H2,1H3,(H,25,27). The van der Waals surface area contributed by atoms with Crippen LogP contribution in [0, 0.1) is 6.92 Å². The maximum absolute atomic E-state index is 12.6. The van der Waals surface area contributed by atoms with Crippen LogP contribution in [0.2, 0.25) is 0 Å². The van der Waals surface area contributed by atoms with Gasteiger partial charge < -0.3 is 10.2 Å². The van der Waals surface area contributed by atoms with E-state index in [1.54, 1.807) is 11.0 Å². The molecule has 1 fully saturated rings. The molecular weight excluding hydrogens is 369 g/mol. The molecule has 1 heterocycles. The van der Waals surface area contributed by atoms with E-state index in [0.29, 0.717) is 31.5 Å². The molecule has 0 atom stereocenters. The fourth-order valence-electron chi connectivity index (χ4n) is 3.29. The molecule has 7 heteroatoms. The van der Waals surface area contributed by atoms with Crippen molar-refractivity contribution in [3.05, 3.63) is 70.8 Å². The largest absolute Gasteiger partial charge is 0.416 e. The Morgan fingerprint density at radius 3 is 2.18 bits per heavy atom. The lowest BCUT2D eigenvalue weighted by molar-refractivity contribution is -0.137. The lowest BCUT2D eigenvalue weighted by Gasteiger charge is -2.32. The summed E-state index contributed by atoms with van der Waals surface area (Å²) < 4.78 is 37.8. The number of carbonyl (C=O) groups excluding carboxylic acids is 2. The van der Waals surface area contributed by atoms with Crippen LogP contribution >= 0.6 is 0 Å². The Labute approximate surface area is 161 Å². The van der Waals surface area contributed by atoms with Crippen LogP contribution < -0.4 is 5.32 Å². The number of rotatable bonds is 3. The van der Waals surface area contributed by atoms with E-state index < -0.39 is 17.6 Å². The number of nitrogens with one attached hydrogen (secondary N) is 1. The Balaban J connectivity index is 1.55. The Kier molecular flexibility index (Phi) is 5.72. The lowest BCUT2D eigenvalue weighted by atomic mass is 10.0. The minimum atomic E-state index is -4.43. The minimum absolute atomic E-state index is 0.0226. The molecule has 2 aromatic rings. The van der Waals surface area contributed by atoms with Crippen LogP contribution in [0.15, 0.2) is 48.5 Å². The summed E-state index contributed by atoms with van der Waals surface area (Å²) in [4.78, 5) is 26.7. The number of benzene rings is 2. The smallest absolute Gasteiger partial charge is 0.349 e. The highest BCUT2D eigenvalue weighted by molar-refractivity contribution is 5.96. The first-order valence-corrected chi connectivity index (χ1v) is 9.09. The molecule has 1 aliphatic rings. The number of likely N-dealkylation sites (tertiary alicyclic amines) is 1. The van der Waals surface area contributed by atoms with Crippen LogP contribution in [0.3, 0.4) is 0 Å². The number of nitrogens with zero attached hydrogens (tertiary/aromatic N) is 1. The number of amides is 2. The molecule has 1 aliphatic heterocycles. The van der Waals surface area contributed by atoms with Crippen molar-refractivity contribution >= 4 is 11.8 Å². The molecule has 0 radical (unpaired) electrons. The molecular formula is C21H21F3N2O2. The zero-order chi connectivity index (χ0) is 20.3. The van der Waals surface area contributed by atoms with Crippen molar-refractivity contribution in [1.29, 1.82) is 0 Å². The average Bonchev–Trinajstić information content (AvgIpc) is 2.68. The maximum atomic E-state index is 12.6. The fourth-order valence-corrected chi connectivity index (χ4v) is 3.29. The van der Waals surface area contributed by atoms with Gasteiger partial charge in [0.1, 0.15) is 0 Å². The van der Waals surface area contributed by atoms with Crippen molar-refractivity contribution in [3.63, 3.8) is 0 Å². The monoisotopic (exact) mass is 390 g/mol. The molecule has 28 heavy (non-hydrogen) atoms. The van der Waals surface area contributed by atoms with Gasteiger partial charge in [0, 0.05) is 30.3 Å². The van der Waals surface area contributed by atoms with Crippen molar-refractivity contribution in [3.8, 4) is 0 Å². The molecule has 148 valence electrons. The second-order valence-electron chi connectivity index (χ2n) is 6.93. The summed E-state index contributed by atoms with van der Waals surface area (Å²) in [6.07, 6.45) is -3.22. The Morgan fingerprint density at radius 2 is 1.61 bits per heavy atom. The molecule has 2 amide bonds. The predicted molar refractivity (Wildman–Crippen MR) is 99.0 cm³/mol. The first kappa shape index (κ1) is 19.9. The van der Waals surface area contributed by atoms with Gasteiger partial charge >= 0.3 is 6.18 Å². The molecule has 1 saturated heterocycles. The summed E-state index contributed by atoms with van der Waals surface area (Å²) in [7, 11) is 0. The predicted octanol–water partition coefficient (Wildman–Crippen LogP) is 4.05. The maximum Gasteiger partial charge on any atom is 0.416 e. The number of carbonyl (C=O) groups is 2. The van der Waals surface area contributed by atoms with Gasteiger partial charge in [-0.3, -0.25) is 9.59 Å². The summed E-state index contributed by atoms with van der Waals surface area (Å²) in [6.45, 7) is 2.93. The van der Waals surface area contributed by atoms with Gasteiger partial charge in [0.05, 0.1) is 5.56 Å². The summed E-state index contributed by atoms with van der Waals surface area (Å²) in [6, 6.07) is 11.4. The quantitative estimate of drug-likeness (QED) is 0.860. The van der Waals surface area contributed by atoms with E-state index in [2.05, 4.69) is 5.32 Å². The van der Waals surface area contributed by atoms with Crippen molar-refractivity contribution in [1.82, 2.24) is 10.2 Å². The van der Waals surface area contributed by atoms with Crippen LogP contribution in [-0.4, -0.2) is 35.8 Å². The fraction of sp³-hybridized carbons (Fsp3) is 0.333. The van der Waals surface area contributed by atoms with Gasteiger partial charge in [0.25, 0.3) is 11.8 Å². The summed E-state index contributed by atoms with van der Waals surface area (Å²) in [5.41, 5.74) is 0.999. The molecule has 1 N–H and O–H groups in total. The highest BCUT2D eigenvalue weighted by atomic mass is 19.4. The lowest BCUT2D eigenvalue weighted by Crippen LogP contribution is -2.46. The van der Waals surface area contributed by atoms with E-state index in [1.165, 1.54) is 12.1 Å². The first-order chi connectivity index (χ1) is 13.3. The van der Waals surface area contributed by atoms with Crippen LogP contribution in [0.4, 0.5) is 13.2 Å². The van der Waals surface area contributed by atoms with Crippen molar-refractivity contribution in [2.75, 3.05) is 13.1 Å². The normalized spacial score (nSPS) is 15.4. The SMILES string of the molecule is Cc1ccccc1C(=O)N1CCC(NC(=O)c2ccc(C(F)(F)F)cc2)CC1. The highest BCUT2D eigenvalue weighted by Gasteiger charge is 2.30. The third-order valence-electron chi connectivity index (χ3n) is 4.97. The van der Waals surface area contributed by atoms with Gasteiger partial charge in [0.15, 0.2) is 0 Å². The molecule has 2 aromatic carbocycles. The Bertz CT molecular complexity index is 855. The highest BCUT2D eigenvalue weighted by Crippen LogP contribution is 2.29. The molecule has 4 nitrogen and oxygen atoms in total. The number of hydrogen-bond donors (Lipinski definition) is 1. The van der Waals surface area contributed by atoms with E-state index in [4.69, 9.17) is 0 Å². The van der Waals surface area contributed by atoms with Crippen molar-refractivity contribution < 1.29 is 22.8 Å². The van der Waals surface area contributed by atoms with Gasteiger partial charge in [-0.15, -0.1) is 0 Å². The minimum Gasteiger partial charge on any atom is -0.349 e. The van der Waals surface area contributed by atoms with E-state index >= 15 is 0 Å². The topological polar surface area (TPSA) is 49.4 Å². The molecule has 0 aliphatic carbocycles. The van der Waals surface area contributed by atoms with Crippen LogP contribution in [0.5, 0.6) is 0 Å². The van der Waals surface area contributed by atoms with Crippen LogP contribution in [-0.2, 0) is 6.18 Å². The molecule has 3 rings (SSSR count). The van der Waals surface area contributed by atoms with Gasteiger partial charge in [-0.05, 0) is 55.7 Å². The molecule has 0 bridgehead atoms. The molecule has 0 spiro atoms. The van der Waals surface area contributed by atoms with Crippen molar-refractivity contribution in [2.24, 2.45) is 0 Å². The Hall–Kier alpha value is -2.83. The van der Waals surface area contributed by atoms with E-state index in [-0.39, 0.29) is 17.5 Å². The number of aryl methyl sites for hydroxylation is 1. The molecule has 0 unspecified atom stereocenters. The summed E-state index contributed by atoms with van der Waals surface area (Å²) >= 11 is 0. The summed E-state index contributed by atoms with van der Waals surface area (Å²) in [5, 5.41) is 2.85. The van der Waals surface area contributed by atoms with Gasteiger partial charge in [0.2, 0.25) is 0 Å². The van der Waals surface area contributed by atoms with E-state index in [1.807, 2.05) is 25.1 Å². The number of piperidine rings is 1. The zero-order valence-electron chi connectivity index (χ0n) is 15.4. The van der Waals surface area contributed by atoms with Gasteiger partial charge in [-0.2, -0.15) is 13.2 Å². The van der Waals surface area contributed by atoms with E-state index in [0.717, 1.165) is 17.7 Å². The van der Waals surface area contributed by atoms with Crippen LogP contribution in [0.25, 0.3) is 0 Å². The third-order valence-corrected chi connectivity index (χ3v) is 4.97. The van der Waals surface area contributed by atoms with Gasteiger partial charge in [-0.25, -0.2) is 0 Å². The van der Waals surface area contributed by atoms with Crippen molar-refractivity contribution in [2.45, 2.75) is 32.0 Å². The van der Waals surface area contributed by atoms with E-state index in [9.17, 15) is 22.8 Å². The average molecular weight is 390 g/mol. The summed E-state index contributed by atoms with van der Waals surface area (Å²) in [5.74, 6) is -0.428. The molecule has 0 aromatic heterocycles. The number of alkyl halides is 3.